The van der Waals surface area contributed by atoms with Gasteiger partial charge in [0.1, 0.15) is 19.3 Å². The average molecular weight is 1470 g/mol. The Morgan fingerprint density at radius 2 is 0.539 bits per heavy atom. The average Bonchev–Trinajstić information content (AvgIpc) is 0.907. The molecule has 582 valence electrons. The van der Waals surface area contributed by atoms with E-state index in [1.54, 1.807) is 0 Å². The Kier molecular flexibility index (Phi) is 70.5. The Morgan fingerprint density at radius 3 is 0.892 bits per heavy atom. The number of aliphatic hydroxyl groups excluding tert-OH is 1. The molecular formula is C83H138O17P2. The maximum atomic E-state index is 13.1. The van der Waals surface area contributed by atoms with Crippen molar-refractivity contribution in [1.82, 2.24) is 0 Å². The molecule has 0 heterocycles. The van der Waals surface area contributed by atoms with E-state index < -0.39 is 97.5 Å². The number of hydrogen-bond acceptors (Lipinski definition) is 15. The lowest BCUT2D eigenvalue weighted by molar-refractivity contribution is -0.161. The highest BCUT2D eigenvalue weighted by atomic mass is 31.2. The third-order valence-corrected chi connectivity index (χ3v) is 17.7. The second kappa shape index (κ2) is 74.2. The van der Waals surface area contributed by atoms with Crippen LogP contribution in [0.25, 0.3) is 0 Å². The van der Waals surface area contributed by atoms with Gasteiger partial charge in [0.2, 0.25) is 0 Å². The monoisotopic (exact) mass is 1470 g/mol. The number of carbonyl (C=O) groups is 4. The zero-order chi connectivity index (χ0) is 74.6. The van der Waals surface area contributed by atoms with E-state index in [4.69, 9.17) is 37.0 Å². The fraction of sp³-hybridized carbons (Fsp3) is 0.663. The molecule has 0 aromatic rings. The van der Waals surface area contributed by atoms with Gasteiger partial charge in [0.15, 0.2) is 12.2 Å². The first-order valence-electron chi connectivity index (χ1n) is 39.1. The van der Waals surface area contributed by atoms with Gasteiger partial charge in [0.25, 0.3) is 0 Å². The molecule has 102 heavy (non-hydrogen) atoms. The van der Waals surface area contributed by atoms with Crippen molar-refractivity contribution in [3.8, 4) is 0 Å². The number of allylic oxidation sites excluding steroid dienone is 24. The van der Waals surface area contributed by atoms with Gasteiger partial charge in [0.05, 0.1) is 26.4 Å². The van der Waals surface area contributed by atoms with Crippen molar-refractivity contribution < 1.29 is 80.2 Å². The molecule has 0 aromatic heterocycles. The highest BCUT2D eigenvalue weighted by molar-refractivity contribution is 7.47. The first-order valence-corrected chi connectivity index (χ1v) is 42.1. The smallest absolute Gasteiger partial charge is 0.462 e. The van der Waals surface area contributed by atoms with Gasteiger partial charge < -0.3 is 33.8 Å². The predicted octanol–water partition coefficient (Wildman–Crippen LogP) is 22.7. The number of unbranched alkanes of at least 4 members (excludes halogenated alkanes) is 22. The lowest BCUT2D eigenvalue weighted by atomic mass is 10.0. The number of ether oxygens (including phenoxy) is 4. The van der Waals surface area contributed by atoms with Crippen LogP contribution in [0.15, 0.2) is 146 Å². The van der Waals surface area contributed by atoms with Gasteiger partial charge in [-0.1, -0.05) is 289 Å². The van der Waals surface area contributed by atoms with Crippen molar-refractivity contribution in [3.05, 3.63) is 146 Å². The molecule has 0 aromatic carbocycles. The van der Waals surface area contributed by atoms with Crippen molar-refractivity contribution in [2.45, 2.75) is 316 Å². The second-order valence-electron chi connectivity index (χ2n) is 25.5. The van der Waals surface area contributed by atoms with E-state index in [1.807, 2.05) is 18.2 Å². The van der Waals surface area contributed by atoms with Crippen LogP contribution in [-0.2, 0) is 65.4 Å². The van der Waals surface area contributed by atoms with Crippen molar-refractivity contribution in [3.63, 3.8) is 0 Å². The van der Waals surface area contributed by atoms with Gasteiger partial charge in [0, 0.05) is 25.7 Å². The number of esters is 4. The van der Waals surface area contributed by atoms with E-state index in [-0.39, 0.29) is 25.7 Å². The van der Waals surface area contributed by atoms with Crippen molar-refractivity contribution >= 4 is 39.5 Å². The Labute approximate surface area is 617 Å². The molecule has 5 atom stereocenters. The standard InChI is InChI=1S/C83H138O17P2/c1-5-9-13-17-21-25-29-32-34-36-38-40-42-45-48-51-55-59-63-67-80(85)93-73-78(99-82(87)69-65-61-57-53-47-28-24-20-16-12-8-4)75-97-101(89,90)95-71-77(84)72-96-102(91,92)98-76-79(100-83(88)70-66-62-58-54-50-44-31-27-23-19-15-11-7-3)74-94-81(86)68-64-60-56-52-49-46-43-41-39-37-35-33-30-26-22-18-14-10-6-2/h9-10,13-14,20-22,24-26,32-35,38-41,45-46,48-49,56,60,77-79,84H,5-8,11-12,15-19,23,27-31,36-37,42-44,47,50-55,57-59,61-76H2,1-4H3,(H,89,90)(H,91,92)/b13-9-,14-10-,24-20-,25-21-,26-22-,34-32-,35-33-,40-38-,41-39-,48-45-,49-46-,60-56-. The molecule has 0 fully saturated rings. The number of carbonyl (C=O) groups excluding carboxylic acids is 4. The van der Waals surface area contributed by atoms with Crippen LogP contribution in [0.1, 0.15) is 297 Å². The lowest BCUT2D eigenvalue weighted by Gasteiger charge is -2.21. The van der Waals surface area contributed by atoms with Gasteiger partial charge in [-0.3, -0.25) is 37.3 Å². The number of aliphatic hydroxyl groups is 1. The zero-order valence-corrected chi connectivity index (χ0v) is 65.3. The Bertz CT molecular complexity index is 2510. The summed E-state index contributed by atoms with van der Waals surface area (Å²) in [5.74, 6) is -2.32. The fourth-order valence-electron chi connectivity index (χ4n) is 9.90. The number of rotatable bonds is 72. The third-order valence-electron chi connectivity index (χ3n) is 15.8. The molecule has 5 unspecified atom stereocenters. The maximum Gasteiger partial charge on any atom is 0.472 e. The summed E-state index contributed by atoms with van der Waals surface area (Å²) in [6.45, 7) is 4.47. The summed E-state index contributed by atoms with van der Waals surface area (Å²) in [6, 6.07) is 0. The molecule has 17 nitrogen and oxygen atoms in total. The van der Waals surface area contributed by atoms with Crippen LogP contribution in [0, 0.1) is 0 Å². The molecule has 0 aliphatic carbocycles. The van der Waals surface area contributed by atoms with E-state index in [1.165, 1.54) is 64.2 Å². The minimum atomic E-state index is -4.99. The van der Waals surface area contributed by atoms with Crippen molar-refractivity contribution in [1.29, 1.82) is 0 Å². The molecule has 0 saturated carbocycles. The molecule has 0 aliphatic heterocycles. The summed E-state index contributed by atoms with van der Waals surface area (Å²) in [5.41, 5.74) is 0. The van der Waals surface area contributed by atoms with Crippen LogP contribution in [-0.4, -0.2) is 96.7 Å². The molecule has 0 spiro atoms. The fourth-order valence-corrected chi connectivity index (χ4v) is 11.5. The Morgan fingerprint density at radius 1 is 0.284 bits per heavy atom. The van der Waals surface area contributed by atoms with Gasteiger partial charge in [-0.2, -0.15) is 0 Å². The van der Waals surface area contributed by atoms with Crippen LogP contribution < -0.4 is 0 Å². The lowest BCUT2D eigenvalue weighted by Crippen LogP contribution is -2.30. The summed E-state index contributed by atoms with van der Waals surface area (Å²) in [7, 11) is -9.99. The summed E-state index contributed by atoms with van der Waals surface area (Å²) in [4.78, 5) is 72.8. The molecule has 0 saturated heterocycles. The first-order chi connectivity index (χ1) is 49.7. The van der Waals surface area contributed by atoms with E-state index in [9.17, 15) is 43.2 Å². The molecule has 0 rings (SSSR count). The molecule has 0 radical (unpaired) electrons. The van der Waals surface area contributed by atoms with Crippen LogP contribution in [0.5, 0.6) is 0 Å². The first kappa shape index (κ1) is 96.9. The van der Waals surface area contributed by atoms with E-state index in [2.05, 4.69) is 155 Å². The Balaban J connectivity index is 5.40. The summed E-state index contributed by atoms with van der Waals surface area (Å²) in [5, 5.41) is 10.6. The van der Waals surface area contributed by atoms with Gasteiger partial charge in [-0.15, -0.1) is 0 Å². The highest BCUT2D eigenvalue weighted by Gasteiger charge is 2.30. The maximum absolute atomic E-state index is 13.1. The SMILES string of the molecule is CC/C=C\C/C=C\C/C=C\C/C=C\C/C=C\C/C=C\CCC(=O)OCC(COP(=O)(O)OCC(O)COP(=O)(O)OCC(COC(=O)CCCCC/C=C\C/C=C\C/C=C\C/C=C\C/C=C\CC)OC(=O)CCCCCCC/C=C\CCCC)OC(=O)CCCCCCCCCCCCCCC. The molecule has 3 N–H and O–H groups in total. The van der Waals surface area contributed by atoms with E-state index in [0.717, 1.165) is 148 Å². The molecule has 0 bridgehead atoms. The minimum absolute atomic E-state index is 0.0341. The normalized spacial score (nSPS) is 14.7. The molecular weight excluding hydrogens is 1330 g/mol. The number of phosphoric ester groups is 2. The third kappa shape index (κ3) is 73.3. The second-order valence-corrected chi connectivity index (χ2v) is 28.4. The Hall–Kier alpha value is -5.06. The van der Waals surface area contributed by atoms with Gasteiger partial charge in [-0.05, 0) is 128 Å². The number of phosphoric acid groups is 2. The summed E-state index contributed by atoms with van der Waals surface area (Å²) in [6.07, 6.45) is 84.3. The van der Waals surface area contributed by atoms with Crippen LogP contribution >= 0.6 is 15.6 Å². The quantitative estimate of drug-likeness (QED) is 0.0169. The highest BCUT2D eigenvalue weighted by Crippen LogP contribution is 2.45. The van der Waals surface area contributed by atoms with Crippen LogP contribution in [0.2, 0.25) is 0 Å². The number of hydrogen-bond donors (Lipinski definition) is 3. The van der Waals surface area contributed by atoms with E-state index in [0.29, 0.717) is 32.1 Å². The minimum Gasteiger partial charge on any atom is -0.462 e. The van der Waals surface area contributed by atoms with Gasteiger partial charge >= 0.3 is 39.5 Å². The van der Waals surface area contributed by atoms with E-state index >= 15 is 0 Å². The van der Waals surface area contributed by atoms with Crippen molar-refractivity contribution in [2.24, 2.45) is 0 Å². The van der Waals surface area contributed by atoms with Crippen LogP contribution in [0.3, 0.4) is 0 Å². The molecule has 0 aliphatic rings. The predicted molar refractivity (Wildman–Crippen MR) is 417 cm³/mol. The van der Waals surface area contributed by atoms with Gasteiger partial charge in [-0.25, -0.2) is 9.13 Å². The topological polar surface area (TPSA) is 237 Å². The molecule has 19 heteroatoms. The van der Waals surface area contributed by atoms with Crippen molar-refractivity contribution in [2.75, 3.05) is 39.6 Å². The molecule has 0 amide bonds. The summed E-state index contributed by atoms with van der Waals surface area (Å²) < 4.78 is 68.4. The summed E-state index contributed by atoms with van der Waals surface area (Å²) >= 11 is 0. The van der Waals surface area contributed by atoms with Crippen LogP contribution in [0.4, 0.5) is 0 Å². The zero-order valence-electron chi connectivity index (χ0n) is 63.5. The largest absolute Gasteiger partial charge is 0.472 e.